The van der Waals surface area contributed by atoms with Gasteiger partial charge in [0.05, 0.1) is 18.9 Å². The van der Waals surface area contributed by atoms with Crippen molar-refractivity contribution in [3.05, 3.63) is 38.8 Å². The van der Waals surface area contributed by atoms with E-state index < -0.39 is 0 Å². The Bertz CT molecular complexity index is 479. The molecule has 92 valence electrons. The largest absolute Gasteiger partial charge is 0.376 e. The molecule has 0 saturated carbocycles. The number of aryl methyl sites for hydroxylation is 2. The molecule has 3 nitrogen and oxygen atoms in total. The molecule has 0 aliphatic carbocycles. The lowest BCUT2D eigenvalue weighted by atomic mass is 10.3. The molecule has 0 aromatic carbocycles. The van der Waals surface area contributed by atoms with E-state index in [1.165, 1.54) is 4.88 Å². The molecule has 2 aromatic heterocycles. The lowest BCUT2D eigenvalue weighted by Crippen LogP contribution is -1.99. The fourth-order valence-electron chi connectivity index (χ4n) is 1.64. The van der Waals surface area contributed by atoms with Gasteiger partial charge < -0.3 is 4.74 Å². The maximum absolute atomic E-state index is 6.12. The number of rotatable bonds is 5. The third-order valence-electron chi connectivity index (χ3n) is 2.59. The molecule has 2 aromatic rings. The van der Waals surface area contributed by atoms with E-state index in [9.17, 15) is 0 Å². The number of hydrogen-bond donors (Lipinski definition) is 0. The maximum Gasteiger partial charge on any atom is 0.132 e. The predicted molar refractivity (Wildman–Crippen MR) is 70.6 cm³/mol. The van der Waals surface area contributed by atoms with Crippen LogP contribution in [0.4, 0.5) is 0 Å². The molecule has 0 saturated heterocycles. The molecule has 5 heteroatoms. The molecular formula is C12H15ClN2OS. The first-order chi connectivity index (χ1) is 8.18. The van der Waals surface area contributed by atoms with Crippen LogP contribution in [-0.4, -0.2) is 16.4 Å². The summed E-state index contributed by atoms with van der Waals surface area (Å²) >= 11 is 7.87. The molecule has 2 rings (SSSR count). The van der Waals surface area contributed by atoms with Crippen molar-refractivity contribution < 1.29 is 4.74 Å². The molecule has 0 atom stereocenters. The minimum absolute atomic E-state index is 0.532. The molecule has 0 amide bonds. The van der Waals surface area contributed by atoms with Crippen molar-refractivity contribution in [2.24, 2.45) is 7.05 Å². The summed E-state index contributed by atoms with van der Waals surface area (Å²) < 4.78 is 7.31. The third kappa shape index (κ3) is 3.09. The van der Waals surface area contributed by atoms with Gasteiger partial charge >= 0.3 is 0 Å². The van der Waals surface area contributed by atoms with Gasteiger partial charge in [0.25, 0.3) is 0 Å². The first-order valence-electron chi connectivity index (χ1n) is 5.46. The van der Waals surface area contributed by atoms with Crippen LogP contribution in [-0.2, 0) is 24.8 Å². The third-order valence-corrected chi connectivity index (χ3v) is 4.00. The number of aromatic nitrogens is 2. The molecule has 0 N–H and O–H groups in total. The number of hydrogen-bond acceptors (Lipinski definition) is 3. The van der Waals surface area contributed by atoms with Gasteiger partial charge in [-0.3, -0.25) is 4.68 Å². The van der Waals surface area contributed by atoms with Crippen LogP contribution in [0.5, 0.6) is 0 Å². The first kappa shape index (κ1) is 12.6. The fraction of sp³-hybridized carbons (Fsp3) is 0.417. The van der Waals surface area contributed by atoms with Crippen molar-refractivity contribution in [1.82, 2.24) is 9.78 Å². The van der Waals surface area contributed by atoms with Crippen LogP contribution in [0.25, 0.3) is 0 Å². The van der Waals surface area contributed by atoms with E-state index in [1.807, 2.05) is 14.0 Å². The summed E-state index contributed by atoms with van der Waals surface area (Å²) in [4.78, 5) is 1.35. The molecule has 0 radical (unpaired) electrons. The van der Waals surface area contributed by atoms with Crippen molar-refractivity contribution in [1.29, 1.82) is 0 Å². The standard InChI is InChI=1S/C12H15ClN2OS/c1-9-11(12(13)15(2)14-9)8-16-6-5-10-4-3-7-17-10/h3-4,7H,5-6,8H2,1-2H3. The van der Waals surface area contributed by atoms with Crippen molar-refractivity contribution in [3.63, 3.8) is 0 Å². The van der Waals surface area contributed by atoms with Crippen LogP contribution in [0.1, 0.15) is 16.1 Å². The summed E-state index contributed by atoms with van der Waals surface area (Å²) in [6.45, 7) is 3.19. The van der Waals surface area contributed by atoms with Crippen LogP contribution in [0.3, 0.4) is 0 Å². The molecular weight excluding hydrogens is 256 g/mol. The van der Waals surface area contributed by atoms with Crippen molar-refractivity contribution in [2.45, 2.75) is 20.0 Å². The van der Waals surface area contributed by atoms with E-state index in [2.05, 4.69) is 22.6 Å². The normalized spacial score (nSPS) is 11.0. The number of nitrogens with zero attached hydrogens (tertiary/aromatic N) is 2. The van der Waals surface area contributed by atoms with E-state index in [0.29, 0.717) is 18.4 Å². The number of thiophene rings is 1. The zero-order valence-corrected chi connectivity index (χ0v) is 11.5. The summed E-state index contributed by atoms with van der Waals surface area (Å²) in [7, 11) is 1.84. The Labute approximate surface area is 110 Å². The van der Waals surface area contributed by atoms with Crippen molar-refractivity contribution in [2.75, 3.05) is 6.61 Å². The second-order valence-corrected chi connectivity index (χ2v) is 5.25. The maximum atomic E-state index is 6.12. The minimum atomic E-state index is 0.532. The van der Waals surface area contributed by atoms with Crippen LogP contribution in [0, 0.1) is 6.92 Å². The molecule has 0 unspecified atom stereocenters. The Morgan fingerprint density at radius 1 is 1.53 bits per heavy atom. The fourth-order valence-corrected chi connectivity index (χ4v) is 2.56. The second kappa shape index (κ2) is 5.67. The van der Waals surface area contributed by atoms with Gasteiger partial charge in [-0.25, -0.2) is 0 Å². The van der Waals surface area contributed by atoms with Gasteiger partial charge in [0, 0.05) is 23.9 Å². The molecule has 0 fully saturated rings. The van der Waals surface area contributed by atoms with Gasteiger partial charge in [-0.05, 0) is 18.4 Å². The van der Waals surface area contributed by atoms with Crippen LogP contribution in [0.15, 0.2) is 17.5 Å². The van der Waals surface area contributed by atoms with Gasteiger partial charge in [0.1, 0.15) is 5.15 Å². The monoisotopic (exact) mass is 270 g/mol. The van der Waals surface area contributed by atoms with Gasteiger partial charge in [0.15, 0.2) is 0 Å². The zero-order chi connectivity index (χ0) is 12.3. The van der Waals surface area contributed by atoms with E-state index in [4.69, 9.17) is 16.3 Å². The summed E-state index contributed by atoms with van der Waals surface area (Å²) in [5.41, 5.74) is 1.92. The van der Waals surface area contributed by atoms with Crippen molar-refractivity contribution >= 4 is 22.9 Å². The van der Waals surface area contributed by atoms with E-state index in [-0.39, 0.29) is 0 Å². The van der Waals surface area contributed by atoms with Gasteiger partial charge in [-0.15, -0.1) is 11.3 Å². The molecule has 0 aliphatic rings. The van der Waals surface area contributed by atoms with E-state index in [1.54, 1.807) is 16.0 Å². The van der Waals surface area contributed by atoms with Crippen molar-refractivity contribution in [3.8, 4) is 0 Å². The smallest absolute Gasteiger partial charge is 0.132 e. The molecule has 2 heterocycles. The van der Waals surface area contributed by atoms with Gasteiger partial charge in [-0.1, -0.05) is 17.7 Å². The minimum Gasteiger partial charge on any atom is -0.376 e. The summed E-state index contributed by atoms with van der Waals surface area (Å²) in [6, 6.07) is 4.18. The lowest BCUT2D eigenvalue weighted by Gasteiger charge is -2.03. The lowest BCUT2D eigenvalue weighted by molar-refractivity contribution is 0.124. The predicted octanol–water partition coefficient (Wildman–Crippen LogP) is 3.20. The summed E-state index contributed by atoms with van der Waals surface area (Å²) in [6.07, 6.45) is 0.953. The molecule has 0 spiro atoms. The van der Waals surface area contributed by atoms with E-state index >= 15 is 0 Å². The Morgan fingerprint density at radius 2 is 2.35 bits per heavy atom. The Balaban J connectivity index is 1.82. The van der Waals surface area contributed by atoms with E-state index in [0.717, 1.165) is 17.7 Å². The average molecular weight is 271 g/mol. The molecule has 17 heavy (non-hydrogen) atoms. The zero-order valence-electron chi connectivity index (χ0n) is 9.94. The SMILES string of the molecule is Cc1nn(C)c(Cl)c1COCCc1cccs1. The summed E-state index contributed by atoms with van der Waals surface area (Å²) in [5.74, 6) is 0. The second-order valence-electron chi connectivity index (χ2n) is 3.86. The molecule has 0 bridgehead atoms. The van der Waals surface area contributed by atoms with Gasteiger partial charge in [-0.2, -0.15) is 5.10 Å². The average Bonchev–Trinajstić information content (AvgIpc) is 2.87. The Kier molecular flexibility index (Phi) is 4.20. The van der Waals surface area contributed by atoms with Crippen LogP contribution in [0.2, 0.25) is 5.15 Å². The Hall–Kier alpha value is -0.840. The van der Waals surface area contributed by atoms with Gasteiger partial charge in [0.2, 0.25) is 0 Å². The highest BCUT2D eigenvalue weighted by molar-refractivity contribution is 7.09. The van der Waals surface area contributed by atoms with Crippen LogP contribution >= 0.6 is 22.9 Å². The highest BCUT2D eigenvalue weighted by atomic mass is 35.5. The summed E-state index contributed by atoms with van der Waals surface area (Å²) in [5, 5.41) is 6.99. The Morgan fingerprint density at radius 3 is 2.94 bits per heavy atom. The first-order valence-corrected chi connectivity index (χ1v) is 6.72. The highest BCUT2D eigenvalue weighted by Crippen LogP contribution is 2.19. The molecule has 0 aliphatic heterocycles. The number of halogens is 1. The topological polar surface area (TPSA) is 27.1 Å². The highest BCUT2D eigenvalue weighted by Gasteiger charge is 2.10. The quantitative estimate of drug-likeness (QED) is 0.780. The number of ether oxygens (including phenoxy) is 1. The van der Waals surface area contributed by atoms with Crippen LogP contribution < -0.4 is 0 Å².